The number of rotatable bonds is 9. The lowest BCUT2D eigenvalue weighted by Gasteiger charge is -2.37. The minimum Gasteiger partial charge on any atom is -0.445 e. The van der Waals surface area contributed by atoms with Gasteiger partial charge in [-0.15, -0.1) is 0 Å². The highest BCUT2D eigenvalue weighted by molar-refractivity contribution is 5.86. The summed E-state index contributed by atoms with van der Waals surface area (Å²) in [5.74, 6) is 0. The van der Waals surface area contributed by atoms with Crippen LogP contribution in [0.4, 0.5) is 32.3 Å². The zero-order valence-corrected chi connectivity index (χ0v) is 25.3. The fraction of sp³-hybridized carbons (Fsp3) is 0.375. The lowest BCUT2D eigenvalue weighted by Crippen LogP contribution is -2.45. The average molecular weight is 577 g/mol. The van der Waals surface area contributed by atoms with Crippen LogP contribution >= 0.6 is 0 Å². The zero-order chi connectivity index (χ0) is 31.1. The summed E-state index contributed by atoms with van der Waals surface area (Å²) in [6.45, 7) is 13.6. The molecule has 0 aliphatic rings. The van der Waals surface area contributed by atoms with E-state index in [0.717, 1.165) is 5.56 Å². The standard InChI is InChI=1S/C32H40N4O6/c1-22(31(2,3)4)35(30(38)41-21-23-12-9-8-10-13-23)20-24-16-17-27(28(18-24)36(39)40)33-25-14-11-15-26(19-25)34-29(37)42-32(5,6)7/h8-19,22,33H,20-21H2,1-7H3,(H,34,37)/t22-/m0/s1. The number of ether oxygens (including phenoxy) is 2. The van der Waals surface area contributed by atoms with E-state index in [2.05, 4.69) is 10.6 Å². The van der Waals surface area contributed by atoms with E-state index < -0.39 is 22.7 Å². The van der Waals surface area contributed by atoms with Crippen molar-refractivity contribution in [1.29, 1.82) is 0 Å². The Morgan fingerprint density at radius 2 is 1.57 bits per heavy atom. The fourth-order valence-electron chi connectivity index (χ4n) is 4.01. The fourth-order valence-corrected chi connectivity index (χ4v) is 4.01. The van der Waals surface area contributed by atoms with E-state index in [1.807, 2.05) is 58.0 Å². The number of carbonyl (C=O) groups excluding carboxylic acids is 2. The van der Waals surface area contributed by atoms with Gasteiger partial charge in [-0.25, -0.2) is 9.59 Å². The molecule has 0 saturated carbocycles. The number of carbonyl (C=O) groups is 2. The van der Waals surface area contributed by atoms with E-state index in [1.54, 1.807) is 62.1 Å². The molecule has 3 rings (SSSR count). The van der Waals surface area contributed by atoms with Crippen LogP contribution in [0.3, 0.4) is 0 Å². The van der Waals surface area contributed by atoms with Crippen molar-refractivity contribution in [2.45, 2.75) is 73.3 Å². The molecule has 2 amide bonds. The molecular weight excluding hydrogens is 536 g/mol. The smallest absolute Gasteiger partial charge is 0.412 e. The molecule has 1 atom stereocenters. The Balaban J connectivity index is 1.81. The van der Waals surface area contributed by atoms with E-state index >= 15 is 0 Å². The molecule has 0 fully saturated rings. The zero-order valence-electron chi connectivity index (χ0n) is 25.3. The quantitative estimate of drug-likeness (QED) is 0.194. The van der Waals surface area contributed by atoms with Crippen molar-refractivity contribution in [2.75, 3.05) is 10.6 Å². The van der Waals surface area contributed by atoms with Crippen LogP contribution in [0.1, 0.15) is 59.6 Å². The molecule has 42 heavy (non-hydrogen) atoms. The molecule has 224 valence electrons. The van der Waals surface area contributed by atoms with Gasteiger partial charge in [0.25, 0.3) is 5.69 Å². The molecule has 3 aromatic carbocycles. The number of benzene rings is 3. The minimum atomic E-state index is -0.652. The van der Waals surface area contributed by atoms with Crippen molar-refractivity contribution in [3.8, 4) is 0 Å². The molecule has 0 bridgehead atoms. The summed E-state index contributed by atoms with van der Waals surface area (Å²) in [4.78, 5) is 38.6. The summed E-state index contributed by atoms with van der Waals surface area (Å²) >= 11 is 0. The van der Waals surface area contributed by atoms with Crippen LogP contribution in [0.25, 0.3) is 0 Å². The van der Waals surface area contributed by atoms with Crippen molar-refractivity contribution in [1.82, 2.24) is 4.90 Å². The van der Waals surface area contributed by atoms with Gasteiger partial charge in [-0.2, -0.15) is 0 Å². The Hall–Kier alpha value is -4.60. The number of hydrogen-bond acceptors (Lipinski definition) is 7. The molecule has 2 N–H and O–H groups in total. The lowest BCUT2D eigenvalue weighted by molar-refractivity contribution is -0.384. The van der Waals surface area contributed by atoms with Gasteiger partial charge in [0.05, 0.1) is 4.92 Å². The van der Waals surface area contributed by atoms with E-state index in [-0.39, 0.29) is 36.0 Å². The number of nitro groups is 1. The maximum atomic E-state index is 13.2. The van der Waals surface area contributed by atoms with E-state index in [0.29, 0.717) is 16.9 Å². The number of anilines is 3. The molecule has 0 spiro atoms. The Labute approximate surface area is 247 Å². The monoisotopic (exact) mass is 576 g/mol. The third kappa shape index (κ3) is 9.50. The largest absolute Gasteiger partial charge is 0.445 e. The molecule has 0 saturated heterocycles. The van der Waals surface area contributed by atoms with E-state index in [4.69, 9.17) is 9.47 Å². The molecule has 10 nitrogen and oxygen atoms in total. The van der Waals surface area contributed by atoms with Crippen LogP contribution in [-0.4, -0.2) is 33.7 Å². The maximum absolute atomic E-state index is 13.2. The predicted octanol–water partition coefficient (Wildman–Crippen LogP) is 8.26. The summed E-state index contributed by atoms with van der Waals surface area (Å²) < 4.78 is 10.9. The maximum Gasteiger partial charge on any atom is 0.412 e. The SMILES string of the molecule is C[C@H](N(Cc1ccc(Nc2cccc(NC(=O)OC(C)(C)C)c2)c([N+](=O)[O-])c1)C(=O)OCc1ccccc1)C(C)(C)C. The van der Waals surface area contributed by atoms with Crippen LogP contribution in [0, 0.1) is 15.5 Å². The predicted molar refractivity (Wildman–Crippen MR) is 164 cm³/mol. The summed E-state index contributed by atoms with van der Waals surface area (Å²) in [7, 11) is 0. The van der Waals surface area contributed by atoms with Gasteiger partial charge < -0.3 is 19.7 Å². The molecule has 10 heteroatoms. The third-order valence-corrected chi connectivity index (χ3v) is 6.56. The summed E-state index contributed by atoms with van der Waals surface area (Å²) in [6, 6.07) is 20.8. The normalized spacial score (nSPS) is 12.2. The summed E-state index contributed by atoms with van der Waals surface area (Å²) in [5, 5.41) is 17.8. The second kappa shape index (κ2) is 13.4. The van der Waals surface area contributed by atoms with Crippen molar-refractivity contribution < 1.29 is 24.0 Å². The second-order valence-electron chi connectivity index (χ2n) is 12.2. The summed E-state index contributed by atoms with van der Waals surface area (Å²) in [5.41, 5.74) is 1.64. The Morgan fingerprint density at radius 3 is 2.19 bits per heavy atom. The number of nitrogens with one attached hydrogen (secondary N) is 2. The highest BCUT2D eigenvalue weighted by Crippen LogP contribution is 2.32. The van der Waals surface area contributed by atoms with Gasteiger partial charge >= 0.3 is 12.2 Å². The van der Waals surface area contributed by atoms with Crippen LogP contribution in [0.2, 0.25) is 0 Å². The Kier molecular flexibility index (Phi) is 10.2. The highest BCUT2D eigenvalue weighted by atomic mass is 16.6. The first kappa shape index (κ1) is 31.9. The van der Waals surface area contributed by atoms with E-state index in [9.17, 15) is 19.7 Å². The van der Waals surface area contributed by atoms with Crippen molar-refractivity contribution in [3.05, 3.63) is 94.0 Å². The first-order valence-corrected chi connectivity index (χ1v) is 13.7. The Morgan fingerprint density at radius 1 is 0.905 bits per heavy atom. The molecule has 0 aromatic heterocycles. The topological polar surface area (TPSA) is 123 Å². The molecule has 0 heterocycles. The number of hydrogen-bond donors (Lipinski definition) is 2. The molecule has 0 aliphatic heterocycles. The van der Waals surface area contributed by atoms with Gasteiger partial charge in [-0.05, 0) is 68.5 Å². The highest BCUT2D eigenvalue weighted by Gasteiger charge is 2.31. The lowest BCUT2D eigenvalue weighted by atomic mass is 9.87. The molecule has 0 unspecified atom stereocenters. The van der Waals surface area contributed by atoms with Crippen LogP contribution in [-0.2, 0) is 22.6 Å². The first-order chi connectivity index (χ1) is 19.6. The minimum absolute atomic E-state index is 0.123. The number of nitrogens with zero attached hydrogens (tertiary/aromatic N) is 2. The van der Waals surface area contributed by atoms with Gasteiger partial charge in [0.2, 0.25) is 0 Å². The number of nitro benzene ring substituents is 1. The van der Waals surface area contributed by atoms with Crippen LogP contribution < -0.4 is 10.6 Å². The van der Waals surface area contributed by atoms with Gasteiger partial charge in [-0.3, -0.25) is 15.4 Å². The van der Waals surface area contributed by atoms with Crippen molar-refractivity contribution in [3.63, 3.8) is 0 Å². The second-order valence-corrected chi connectivity index (χ2v) is 12.2. The van der Waals surface area contributed by atoms with Crippen molar-refractivity contribution in [2.24, 2.45) is 5.41 Å². The molecule has 0 radical (unpaired) electrons. The molecule has 3 aromatic rings. The van der Waals surface area contributed by atoms with Gasteiger partial charge in [0, 0.05) is 30.0 Å². The summed E-state index contributed by atoms with van der Waals surface area (Å²) in [6.07, 6.45) is -1.10. The van der Waals surface area contributed by atoms with Gasteiger partial charge in [0.1, 0.15) is 17.9 Å². The van der Waals surface area contributed by atoms with Gasteiger partial charge in [-0.1, -0.05) is 63.2 Å². The van der Waals surface area contributed by atoms with Crippen LogP contribution in [0.15, 0.2) is 72.8 Å². The van der Waals surface area contributed by atoms with E-state index in [1.165, 1.54) is 6.07 Å². The molecular formula is C32H40N4O6. The average Bonchev–Trinajstić information content (AvgIpc) is 2.89. The number of amides is 2. The third-order valence-electron chi connectivity index (χ3n) is 6.56. The molecule has 0 aliphatic carbocycles. The Bertz CT molecular complexity index is 1400. The van der Waals surface area contributed by atoms with Crippen molar-refractivity contribution >= 4 is 34.9 Å². The first-order valence-electron chi connectivity index (χ1n) is 13.7. The van der Waals surface area contributed by atoms with Crippen LogP contribution in [0.5, 0.6) is 0 Å². The van der Waals surface area contributed by atoms with Gasteiger partial charge in [0.15, 0.2) is 0 Å².